The molecule has 18 heavy (non-hydrogen) atoms. The van der Waals surface area contributed by atoms with E-state index in [-0.39, 0.29) is 12.0 Å². The van der Waals surface area contributed by atoms with Gasteiger partial charge in [-0.15, -0.1) is 0 Å². The van der Waals surface area contributed by atoms with Crippen LogP contribution in [0.25, 0.3) is 0 Å². The number of methoxy groups -OCH3 is 1. The van der Waals surface area contributed by atoms with Crippen LogP contribution in [0.15, 0.2) is 0 Å². The molecule has 104 valence electrons. The van der Waals surface area contributed by atoms with Gasteiger partial charge in [-0.05, 0) is 19.8 Å². The van der Waals surface area contributed by atoms with E-state index in [4.69, 9.17) is 22.7 Å². The van der Waals surface area contributed by atoms with Gasteiger partial charge in [0, 0.05) is 13.7 Å². The van der Waals surface area contributed by atoms with Crippen molar-refractivity contribution in [1.82, 2.24) is 5.32 Å². The zero-order chi connectivity index (χ0) is 13.6. The highest BCUT2D eigenvalue weighted by Crippen LogP contribution is 2.35. The number of carbonyl (C=O) groups excluding carboxylic acids is 1. The number of carbonyl (C=O) groups is 1. The van der Waals surface area contributed by atoms with Crippen molar-refractivity contribution < 1.29 is 9.53 Å². The monoisotopic (exact) mass is 272 g/mol. The predicted molar refractivity (Wildman–Crippen MR) is 76.4 cm³/mol. The number of thiocarbonyl (C=S) groups is 1. The summed E-state index contributed by atoms with van der Waals surface area (Å²) in [6.45, 7) is 2.42. The SMILES string of the molecule is COC(C)CNC(=O)C1(C(N)=S)CCCCCC1. The standard InChI is InChI=1S/C13H24N2O2S/c1-10(17-2)9-15-12(16)13(11(14)18)7-5-3-4-6-8-13/h10H,3-9H2,1-2H3,(H2,14,18)(H,15,16). The largest absolute Gasteiger partial charge is 0.392 e. The minimum atomic E-state index is -0.640. The van der Waals surface area contributed by atoms with Gasteiger partial charge in [-0.2, -0.15) is 0 Å². The quantitative estimate of drug-likeness (QED) is 0.591. The molecule has 0 saturated heterocycles. The average Bonchev–Trinajstić information content (AvgIpc) is 2.61. The molecule has 0 radical (unpaired) electrons. The first kappa shape index (κ1) is 15.4. The van der Waals surface area contributed by atoms with Crippen molar-refractivity contribution in [2.45, 2.75) is 51.6 Å². The summed E-state index contributed by atoms with van der Waals surface area (Å²) in [6, 6.07) is 0. The van der Waals surface area contributed by atoms with Gasteiger partial charge in [-0.1, -0.05) is 37.9 Å². The Bertz CT molecular complexity index is 299. The van der Waals surface area contributed by atoms with Crippen LogP contribution >= 0.6 is 12.2 Å². The van der Waals surface area contributed by atoms with Crippen molar-refractivity contribution in [3.05, 3.63) is 0 Å². The van der Waals surface area contributed by atoms with E-state index in [2.05, 4.69) is 5.32 Å². The number of nitrogens with one attached hydrogen (secondary N) is 1. The summed E-state index contributed by atoms with van der Waals surface area (Å²) in [4.78, 5) is 12.7. The Morgan fingerprint density at radius 1 is 1.39 bits per heavy atom. The number of nitrogens with two attached hydrogens (primary N) is 1. The molecule has 1 aliphatic carbocycles. The Labute approximate surface area is 115 Å². The van der Waals surface area contributed by atoms with Gasteiger partial charge < -0.3 is 15.8 Å². The maximum Gasteiger partial charge on any atom is 0.233 e. The Balaban J connectivity index is 2.70. The third-order valence-electron chi connectivity index (χ3n) is 3.82. The van der Waals surface area contributed by atoms with Gasteiger partial charge in [0.05, 0.1) is 16.5 Å². The molecular weight excluding hydrogens is 248 g/mol. The van der Waals surface area contributed by atoms with Crippen molar-refractivity contribution in [1.29, 1.82) is 0 Å². The Hall–Kier alpha value is -0.680. The molecule has 0 spiro atoms. The van der Waals surface area contributed by atoms with E-state index in [1.807, 2.05) is 6.92 Å². The van der Waals surface area contributed by atoms with E-state index in [1.165, 1.54) is 0 Å². The van der Waals surface area contributed by atoms with Crippen LogP contribution < -0.4 is 11.1 Å². The summed E-state index contributed by atoms with van der Waals surface area (Å²) in [5.74, 6) is -0.0270. The summed E-state index contributed by atoms with van der Waals surface area (Å²) in [6.07, 6.45) is 5.90. The van der Waals surface area contributed by atoms with E-state index in [9.17, 15) is 4.79 Å². The molecule has 1 aliphatic rings. The second kappa shape index (κ2) is 7.04. The fourth-order valence-corrected chi connectivity index (χ4v) is 2.70. The summed E-state index contributed by atoms with van der Waals surface area (Å²) in [5.41, 5.74) is 5.21. The molecule has 0 aromatic rings. The lowest BCUT2D eigenvalue weighted by atomic mass is 9.79. The summed E-state index contributed by atoms with van der Waals surface area (Å²) in [7, 11) is 1.63. The van der Waals surface area contributed by atoms with Crippen molar-refractivity contribution in [3.8, 4) is 0 Å². The molecule has 0 bridgehead atoms. The molecular formula is C13H24N2O2S. The Morgan fingerprint density at radius 2 is 1.94 bits per heavy atom. The van der Waals surface area contributed by atoms with Crippen LogP contribution in [0, 0.1) is 5.41 Å². The van der Waals surface area contributed by atoms with Gasteiger partial charge in [-0.3, -0.25) is 4.79 Å². The van der Waals surface area contributed by atoms with Crippen molar-refractivity contribution in [2.75, 3.05) is 13.7 Å². The third-order valence-corrected chi connectivity index (χ3v) is 4.21. The van der Waals surface area contributed by atoms with Crippen LogP contribution in [-0.4, -0.2) is 30.7 Å². The lowest BCUT2D eigenvalue weighted by molar-refractivity contribution is -0.128. The highest BCUT2D eigenvalue weighted by Gasteiger charge is 2.41. The molecule has 0 aromatic heterocycles. The number of rotatable bonds is 5. The lowest BCUT2D eigenvalue weighted by Gasteiger charge is -2.30. The summed E-state index contributed by atoms with van der Waals surface area (Å²) in [5, 5.41) is 2.92. The van der Waals surface area contributed by atoms with Gasteiger partial charge in [-0.25, -0.2) is 0 Å². The second-order valence-corrected chi connectivity index (χ2v) is 5.56. The topological polar surface area (TPSA) is 64.3 Å². The van der Waals surface area contributed by atoms with E-state index in [0.29, 0.717) is 11.5 Å². The molecule has 0 aliphatic heterocycles. The van der Waals surface area contributed by atoms with Crippen molar-refractivity contribution in [2.24, 2.45) is 11.1 Å². The van der Waals surface area contributed by atoms with E-state index >= 15 is 0 Å². The molecule has 5 heteroatoms. The van der Waals surface area contributed by atoms with Crippen LogP contribution in [0.2, 0.25) is 0 Å². The molecule has 1 atom stereocenters. The van der Waals surface area contributed by atoms with E-state index in [0.717, 1.165) is 38.5 Å². The van der Waals surface area contributed by atoms with E-state index in [1.54, 1.807) is 7.11 Å². The fraction of sp³-hybridized carbons (Fsp3) is 0.846. The first-order chi connectivity index (χ1) is 8.53. The van der Waals surface area contributed by atoms with Gasteiger partial charge in [0.15, 0.2) is 0 Å². The third kappa shape index (κ3) is 3.65. The van der Waals surface area contributed by atoms with Gasteiger partial charge in [0.2, 0.25) is 5.91 Å². The van der Waals surface area contributed by atoms with Gasteiger partial charge in [0.25, 0.3) is 0 Å². The number of amides is 1. The smallest absolute Gasteiger partial charge is 0.233 e. The normalized spacial score (nSPS) is 20.8. The maximum atomic E-state index is 12.4. The molecule has 0 aromatic carbocycles. The summed E-state index contributed by atoms with van der Waals surface area (Å²) >= 11 is 5.16. The maximum absolute atomic E-state index is 12.4. The first-order valence-corrected chi connectivity index (χ1v) is 7.05. The summed E-state index contributed by atoms with van der Waals surface area (Å²) < 4.78 is 5.13. The zero-order valence-corrected chi connectivity index (χ0v) is 12.1. The predicted octanol–water partition coefficient (Wildman–Crippen LogP) is 1.76. The molecule has 4 nitrogen and oxygen atoms in total. The number of ether oxygens (including phenoxy) is 1. The van der Waals surface area contributed by atoms with Gasteiger partial charge >= 0.3 is 0 Å². The second-order valence-electron chi connectivity index (χ2n) is 5.12. The minimum Gasteiger partial charge on any atom is -0.392 e. The van der Waals surface area contributed by atoms with Crippen LogP contribution in [0.4, 0.5) is 0 Å². The Kier molecular flexibility index (Phi) is 6.02. The highest BCUT2D eigenvalue weighted by atomic mass is 32.1. The first-order valence-electron chi connectivity index (χ1n) is 6.64. The van der Waals surface area contributed by atoms with Gasteiger partial charge in [0.1, 0.15) is 0 Å². The molecule has 0 heterocycles. The Morgan fingerprint density at radius 3 is 2.39 bits per heavy atom. The van der Waals surface area contributed by atoms with Crippen LogP contribution in [0.5, 0.6) is 0 Å². The molecule has 1 unspecified atom stereocenters. The van der Waals surface area contributed by atoms with Crippen LogP contribution in [0.3, 0.4) is 0 Å². The average molecular weight is 272 g/mol. The number of hydrogen-bond donors (Lipinski definition) is 2. The highest BCUT2D eigenvalue weighted by molar-refractivity contribution is 7.80. The number of hydrogen-bond acceptors (Lipinski definition) is 3. The molecule has 1 fully saturated rings. The van der Waals surface area contributed by atoms with Crippen molar-refractivity contribution in [3.63, 3.8) is 0 Å². The van der Waals surface area contributed by atoms with Crippen LogP contribution in [-0.2, 0) is 9.53 Å². The molecule has 1 amide bonds. The lowest BCUT2D eigenvalue weighted by Crippen LogP contribution is -2.50. The molecule has 3 N–H and O–H groups in total. The molecule has 1 rings (SSSR count). The zero-order valence-electron chi connectivity index (χ0n) is 11.3. The minimum absolute atomic E-state index is 0.00289. The van der Waals surface area contributed by atoms with Crippen LogP contribution in [0.1, 0.15) is 45.4 Å². The van der Waals surface area contributed by atoms with Crippen molar-refractivity contribution >= 4 is 23.1 Å². The van der Waals surface area contributed by atoms with E-state index < -0.39 is 5.41 Å². The fourth-order valence-electron chi connectivity index (χ4n) is 2.41. The molecule has 1 saturated carbocycles.